The van der Waals surface area contributed by atoms with Gasteiger partial charge in [-0.3, -0.25) is 14.2 Å². The van der Waals surface area contributed by atoms with Crippen molar-refractivity contribution in [1.82, 2.24) is 14.9 Å². The molecule has 4 rings (SSSR count). The Hall–Kier alpha value is -3.52. The molecule has 1 aliphatic heterocycles. The van der Waals surface area contributed by atoms with Crippen molar-refractivity contribution < 1.29 is 19.0 Å². The van der Waals surface area contributed by atoms with Gasteiger partial charge in [0.05, 0.1) is 13.2 Å². The molecule has 0 unspecified atom stereocenters. The quantitative estimate of drug-likeness (QED) is 0.673. The third-order valence-electron chi connectivity index (χ3n) is 5.27. The molecule has 0 saturated carbocycles. The molecule has 0 radical (unpaired) electrons. The van der Waals surface area contributed by atoms with Gasteiger partial charge in [0.1, 0.15) is 17.2 Å². The Balaban J connectivity index is 1.64. The normalized spacial score (nSPS) is 14.7. The van der Waals surface area contributed by atoms with Gasteiger partial charge < -0.3 is 15.2 Å². The summed E-state index contributed by atoms with van der Waals surface area (Å²) in [5.41, 5.74) is 0.198. The summed E-state index contributed by atoms with van der Waals surface area (Å²) in [5, 5.41) is 13.0. The summed E-state index contributed by atoms with van der Waals surface area (Å²) in [4.78, 5) is 29.6. The van der Waals surface area contributed by atoms with E-state index in [4.69, 9.17) is 4.74 Å². The van der Waals surface area contributed by atoms with E-state index in [2.05, 4.69) is 10.3 Å². The van der Waals surface area contributed by atoms with Gasteiger partial charge in [0, 0.05) is 6.54 Å². The average molecular weight is 423 g/mol. The topological polar surface area (TPSA) is 93.5 Å². The van der Waals surface area contributed by atoms with E-state index in [9.17, 15) is 19.1 Å². The predicted molar refractivity (Wildman–Crippen MR) is 112 cm³/mol. The van der Waals surface area contributed by atoms with E-state index in [0.29, 0.717) is 17.7 Å². The lowest BCUT2D eigenvalue weighted by atomic mass is 9.99. The van der Waals surface area contributed by atoms with Crippen molar-refractivity contribution >= 4 is 5.91 Å². The lowest BCUT2D eigenvalue weighted by Gasteiger charge is -2.32. The smallest absolute Gasteiger partial charge is 0.296 e. The van der Waals surface area contributed by atoms with E-state index in [1.165, 1.54) is 16.7 Å². The van der Waals surface area contributed by atoms with E-state index < -0.39 is 28.6 Å². The molecule has 2 heterocycles. The molecule has 7 nitrogen and oxygen atoms in total. The zero-order chi connectivity index (χ0) is 22.2. The fourth-order valence-electron chi connectivity index (χ4n) is 3.68. The van der Waals surface area contributed by atoms with Crippen molar-refractivity contribution in [1.29, 1.82) is 0 Å². The van der Waals surface area contributed by atoms with Crippen molar-refractivity contribution in [3.8, 4) is 16.9 Å². The number of hydrogen-bond acceptors (Lipinski definition) is 5. The van der Waals surface area contributed by atoms with Gasteiger partial charge in [-0.05, 0) is 42.7 Å². The molecule has 0 fully saturated rings. The molecule has 0 bridgehead atoms. The van der Waals surface area contributed by atoms with Gasteiger partial charge in [-0.1, -0.05) is 36.4 Å². The van der Waals surface area contributed by atoms with Crippen LogP contribution in [0.3, 0.4) is 0 Å². The summed E-state index contributed by atoms with van der Waals surface area (Å²) in [5.74, 6) is -1.53. The van der Waals surface area contributed by atoms with Crippen molar-refractivity contribution in [3.63, 3.8) is 0 Å². The monoisotopic (exact) mass is 423 g/mol. The first-order valence-corrected chi connectivity index (χ1v) is 9.88. The van der Waals surface area contributed by atoms with E-state index >= 15 is 0 Å². The number of carbonyl (C=O) groups is 1. The third-order valence-corrected chi connectivity index (χ3v) is 5.27. The summed E-state index contributed by atoms with van der Waals surface area (Å²) in [6.07, 6.45) is 0. The molecule has 0 spiro atoms. The number of amides is 1. The molecule has 2 aromatic carbocycles. The van der Waals surface area contributed by atoms with Crippen LogP contribution in [0.4, 0.5) is 4.39 Å². The predicted octanol–water partition coefficient (Wildman–Crippen LogP) is 2.95. The molecular formula is C23H22FN3O4. The van der Waals surface area contributed by atoms with E-state index in [1.807, 2.05) is 30.3 Å². The number of rotatable bonds is 4. The van der Waals surface area contributed by atoms with Crippen LogP contribution in [0.15, 0.2) is 53.3 Å². The van der Waals surface area contributed by atoms with Crippen molar-refractivity contribution in [3.05, 3.63) is 81.8 Å². The van der Waals surface area contributed by atoms with Crippen LogP contribution in [0.5, 0.6) is 5.75 Å². The third kappa shape index (κ3) is 3.94. The molecular weight excluding hydrogens is 401 g/mol. The first-order chi connectivity index (χ1) is 14.8. The van der Waals surface area contributed by atoms with Crippen LogP contribution in [0.2, 0.25) is 0 Å². The second-order valence-electron chi connectivity index (χ2n) is 7.80. The molecule has 8 heteroatoms. The fraction of sp³-hybridized carbons (Fsp3) is 0.261. The van der Waals surface area contributed by atoms with Crippen molar-refractivity contribution in [2.24, 2.45) is 0 Å². The summed E-state index contributed by atoms with van der Waals surface area (Å²) in [6, 6.07) is 13.5. The zero-order valence-electron chi connectivity index (χ0n) is 17.2. The number of nitrogens with one attached hydrogen (secondary N) is 1. The van der Waals surface area contributed by atoms with Crippen LogP contribution < -0.4 is 10.9 Å². The van der Waals surface area contributed by atoms with Crippen LogP contribution in [0, 0.1) is 5.82 Å². The van der Waals surface area contributed by atoms with Crippen molar-refractivity contribution in [2.45, 2.75) is 32.5 Å². The van der Waals surface area contributed by atoms with Crippen LogP contribution in [-0.4, -0.2) is 27.2 Å². The number of aromatic hydroxyl groups is 1. The lowest BCUT2D eigenvalue weighted by Crippen LogP contribution is -2.42. The van der Waals surface area contributed by atoms with Gasteiger partial charge in [0.25, 0.3) is 11.5 Å². The number of nitrogens with zero attached hydrogens (tertiary/aromatic N) is 2. The van der Waals surface area contributed by atoms with Crippen LogP contribution in [-0.2, 0) is 23.4 Å². The Labute approximate surface area is 178 Å². The summed E-state index contributed by atoms with van der Waals surface area (Å²) < 4.78 is 20.8. The number of hydrogen-bond donors (Lipinski definition) is 2. The van der Waals surface area contributed by atoms with Gasteiger partial charge in [-0.2, -0.15) is 0 Å². The van der Waals surface area contributed by atoms with Crippen LogP contribution in [0.25, 0.3) is 11.1 Å². The number of benzene rings is 2. The SMILES string of the molecule is CC1(C)OCCn2c1nc(C(=O)NCc1ccc(F)cc1-c1ccccc1)c(O)c2=O. The highest BCUT2D eigenvalue weighted by Gasteiger charge is 2.34. The van der Waals surface area contributed by atoms with Gasteiger partial charge in [-0.25, -0.2) is 9.37 Å². The standard InChI is InChI=1S/C23H22FN3O4/c1-23(2)22-26-18(19(28)21(30)27(22)10-11-31-23)20(29)25-13-15-8-9-16(24)12-17(15)14-6-4-3-5-7-14/h3-9,12,28H,10-11,13H2,1-2H3,(H,25,29). The summed E-state index contributed by atoms with van der Waals surface area (Å²) in [7, 11) is 0. The number of halogens is 1. The van der Waals surface area contributed by atoms with E-state index in [1.54, 1.807) is 19.9 Å². The first kappa shape index (κ1) is 20.7. The minimum absolute atomic E-state index is 0.0583. The molecule has 1 amide bonds. The molecule has 0 saturated heterocycles. The minimum Gasteiger partial charge on any atom is -0.501 e. The zero-order valence-corrected chi connectivity index (χ0v) is 17.2. The minimum atomic E-state index is -0.877. The van der Waals surface area contributed by atoms with Crippen LogP contribution in [0.1, 0.15) is 35.7 Å². The van der Waals surface area contributed by atoms with Crippen LogP contribution >= 0.6 is 0 Å². The second kappa shape index (κ2) is 7.96. The van der Waals surface area contributed by atoms with Crippen molar-refractivity contribution in [2.75, 3.05) is 6.61 Å². The number of fused-ring (bicyclic) bond motifs is 1. The molecule has 1 aliphatic rings. The Morgan fingerprint density at radius 3 is 2.74 bits per heavy atom. The molecule has 2 N–H and O–H groups in total. The van der Waals surface area contributed by atoms with Gasteiger partial charge in [0.2, 0.25) is 5.75 Å². The second-order valence-corrected chi connectivity index (χ2v) is 7.80. The molecule has 1 aromatic heterocycles. The molecule has 160 valence electrons. The Bertz CT molecular complexity index is 1210. The maximum absolute atomic E-state index is 13.8. The Kier molecular flexibility index (Phi) is 5.32. The molecule has 3 aromatic rings. The molecule has 31 heavy (non-hydrogen) atoms. The highest BCUT2D eigenvalue weighted by atomic mass is 19.1. The average Bonchev–Trinajstić information content (AvgIpc) is 2.75. The maximum Gasteiger partial charge on any atom is 0.296 e. The first-order valence-electron chi connectivity index (χ1n) is 9.88. The summed E-state index contributed by atoms with van der Waals surface area (Å²) >= 11 is 0. The maximum atomic E-state index is 13.8. The fourth-order valence-corrected chi connectivity index (χ4v) is 3.68. The lowest BCUT2D eigenvalue weighted by molar-refractivity contribution is -0.0566. The number of ether oxygens (including phenoxy) is 1. The molecule has 0 atom stereocenters. The largest absolute Gasteiger partial charge is 0.501 e. The van der Waals surface area contributed by atoms with E-state index in [-0.39, 0.29) is 24.6 Å². The Morgan fingerprint density at radius 2 is 2.00 bits per heavy atom. The molecule has 0 aliphatic carbocycles. The van der Waals surface area contributed by atoms with E-state index in [0.717, 1.165) is 5.56 Å². The highest BCUT2D eigenvalue weighted by Crippen LogP contribution is 2.28. The Morgan fingerprint density at radius 1 is 1.26 bits per heavy atom. The summed E-state index contributed by atoms with van der Waals surface area (Å²) in [6.45, 7) is 4.10. The highest BCUT2D eigenvalue weighted by molar-refractivity contribution is 5.94. The number of aromatic nitrogens is 2. The van der Waals surface area contributed by atoms with Gasteiger partial charge in [0.15, 0.2) is 5.69 Å². The van der Waals surface area contributed by atoms with Gasteiger partial charge >= 0.3 is 0 Å². The number of carbonyl (C=O) groups excluding carboxylic acids is 1. The van der Waals surface area contributed by atoms with Gasteiger partial charge in [-0.15, -0.1) is 0 Å².